The van der Waals surface area contributed by atoms with E-state index in [1.54, 1.807) is 11.3 Å². The Morgan fingerprint density at radius 2 is 2.11 bits per heavy atom. The molecule has 2 aliphatic rings. The fourth-order valence-electron chi connectivity index (χ4n) is 2.78. The van der Waals surface area contributed by atoms with Gasteiger partial charge in [0.2, 0.25) is 0 Å². The van der Waals surface area contributed by atoms with E-state index in [1.807, 2.05) is 11.8 Å². The van der Waals surface area contributed by atoms with Crippen LogP contribution in [0.1, 0.15) is 45.8 Å². The van der Waals surface area contributed by atoms with E-state index >= 15 is 0 Å². The highest BCUT2D eigenvalue weighted by Gasteiger charge is 2.22. The molecule has 2 heterocycles. The lowest BCUT2D eigenvalue weighted by molar-refractivity contribution is 0.0930. The van der Waals surface area contributed by atoms with E-state index in [0.29, 0.717) is 12.1 Å². The van der Waals surface area contributed by atoms with Crippen molar-refractivity contribution in [2.75, 3.05) is 5.75 Å². The fraction of sp³-hybridized carbons (Fsp3) is 0.643. The first-order valence-electron chi connectivity index (χ1n) is 6.98. The molecule has 1 amide bonds. The number of nitrogens with two attached hydrogens (primary N) is 1. The third-order valence-electron chi connectivity index (χ3n) is 3.96. The summed E-state index contributed by atoms with van der Waals surface area (Å²) >= 11 is 3.64. The van der Waals surface area contributed by atoms with E-state index in [9.17, 15) is 4.79 Å². The molecule has 3 N–H and O–H groups in total. The summed E-state index contributed by atoms with van der Waals surface area (Å²) in [6.07, 6.45) is 5.23. The van der Waals surface area contributed by atoms with Gasteiger partial charge in [0.15, 0.2) is 0 Å². The second-order valence-corrected chi connectivity index (χ2v) is 7.69. The van der Waals surface area contributed by atoms with Crippen LogP contribution in [0.25, 0.3) is 0 Å². The van der Waals surface area contributed by atoms with Crippen LogP contribution in [0.15, 0.2) is 6.07 Å². The van der Waals surface area contributed by atoms with Crippen molar-refractivity contribution < 1.29 is 4.79 Å². The number of amides is 1. The van der Waals surface area contributed by atoms with E-state index in [4.69, 9.17) is 5.73 Å². The van der Waals surface area contributed by atoms with Gasteiger partial charge in [-0.3, -0.25) is 4.79 Å². The maximum atomic E-state index is 12.3. The number of fused-ring (bicyclic) bond motifs is 1. The number of aryl methyl sites for hydroxylation is 1. The topological polar surface area (TPSA) is 55.1 Å². The summed E-state index contributed by atoms with van der Waals surface area (Å²) in [5.74, 6) is 2.37. The van der Waals surface area contributed by atoms with Gasteiger partial charge in [0.05, 0.1) is 4.88 Å². The van der Waals surface area contributed by atoms with Crippen LogP contribution in [-0.4, -0.2) is 23.7 Å². The highest BCUT2D eigenvalue weighted by molar-refractivity contribution is 7.98. The molecule has 3 nitrogen and oxygen atoms in total. The quantitative estimate of drug-likeness (QED) is 0.882. The SMILES string of the molecule is NC1CCC(NC(=O)c2cc3c(s2)CCSC3)CC1. The number of thiophene rings is 1. The second kappa shape index (κ2) is 5.85. The molecule has 5 heteroatoms. The van der Waals surface area contributed by atoms with Gasteiger partial charge in [0, 0.05) is 22.7 Å². The van der Waals surface area contributed by atoms with Gasteiger partial charge in [0.25, 0.3) is 5.91 Å². The van der Waals surface area contributed by atoms with Gasteiger partial charge >= 0.3 is 0 Å². The minimum atomic E-state index is 0.116. The molecule has 0 spiro atoms. The standard InChI is InChI=1S/C14H20N2OS2/c15-10-1-3-11(4-2-10)16-14(17)13-7-9-8-18-6-5-12(9)19-13/h7,10-11H,1-6,8,15H2,(H,16,17). The average Bonchev–Trinajstić information content (AvgIpc) is 2.85. The Morgan fingerprint density at radius 1 is 1.32 bits per heavy atom. The Morgan fingerprint density at radius 3 is 2.84 bits per heavy atom. The Kier molecular flexibility index (Phi) is 4.15. The maximum absolute atomic E-state index is 12.3. The van der Waals surface area contributed by atoms with Crippen LogP contribution in [0.4, 0.5) is 0 Å². The molecule has 1 aromatic heterocycles. The number of hydrogen-bond acceptors (Lipinski definition) is 4. The Labute approximate surface area is 122 Å². The minimum Gasteiger partial charge on any atom is -0.349 e. The summed E-state index contributed by atoms with van der Waals surface area (Å²) in [5, 5.41) is 3.17. The van der Waals surface area contributed by atoms with Crippen molar-refractivity contribution >= 4 is 29.0 Å². The number of carbonyl (C=O) groups is 1. The third kappa shape index (κ3) is 3.15. The Balaban J connectivity index is 1.62. The molecule has 0 bridgehead atoms. The molecule has 0 unspecified atom stereocenters. The van der Waals surface area contributed by atoms with Gasteiger partial charge < -0.3 is 11.1 Å². The molecule has 1 aromatic rings. The zero-order chi connectivity index (χ0) is 13.2. The second-order valence-electron chi connectivity index (χ2n) is 5.45. The van der Waals surface area contributed by atoms with Gasteiger partial charge in [0.1, 0.15) is 0 Å². The van der Waals surface area contributed by atoms with Crippen molar-refractivity contribution in [2.45, 2.75) is 49.9 Å². The Bertz CT molecular complexity index is 441. The van der Waals surface area contributed by atoms with E-state index < -0.39 is 0 Å². The number of rotatable bonds is 2. The normalized spacial score (nSPS) is 26.8. The molecular weight excluding hydrogens is 276 g/mol. The summed E-state index contributed by atoms with van der Waals surface area (Å²) in [4.78, 5) is 14.6. The molecule has 1 saturated carbocycles. The molecule has 19 heavy (non-hydrogen) atoms. The van der Waals surface area contributed by atoms with Crippen molar-refractivity contribution in [2.24, 2.45) is 5.73 Å². The summed E-state index contributed by atoms with van der Waals surface area (Å²) in [5.41, 5.74) is 7.26. The van der Waals surface area contributed by atoms with Crippen LogP contribution in [0.3, 0.4) is 0 Å². The fourth-order valence-corrected chi connectivity index (χ4v) is 5.05. The molecule has 0 saturated heterocycles. The van der Waals surface area contributed by atoms with Gasteiger partial charge in [-0.15, -0.1) is 11.3 Å². The van der Waals surface area contributed by atoms with Crippen LogP contribution in [-0.2, 0) is 12.2 Å². The highest BCUT2D eigenvalue weighted by atomic mass is 32.2. The maximum Gasteiger partial charge on any atom is 0.261 e. The van der Waals surface area contributed by atoms with Crippen molar-refractivity contribution in [1.29, 1.82) is 0 Å². The molecule has 104 valence electrons. The van der Waals surface area contributed by atoms with Crippen LogP contribution >= 0.6 is 23.1 Å². The van der Waals surface area contributed by atoms with Crippen LogP contribution in [0.2, 0.25) is 0 Å². The summed E-state index contributed by atoms with van der Waals surface area (Å²) in [7, 11) is 0. The number of nitrogens with one attached hydrogen (secondary N) is 1. The molecule has 1 aliphatic heterocycles. The van der Waals surface area contributed by atoms with Crippen LogP contribution in [0, 0.1) is 0 Å². The first-order chi connectivity index (χ1) is 9.22. The van der Waals surface area contributed by atoms with E-state index in [1.165, 1.54) is 16.2 Å². The largest absolute Gasteiger partial charge is 0.349 e. The highest BCUT2D eigenvalue weighted by Crippen LogP contribution is 2.31. The average molecular weight is 296 g/mol. The monoisotopic (exact) mass is 296 g/mol. The van der Waals surface area contributed by atoms with Crippen molar-refractivity contribution in [3.8, 4) is 0 Å². The molecule has 1 fully saturated rings. The van der Waals surface area contributed by atoms with Gasteiger partial charge in [-0.25, -0.2) is 0 Å². The van der Waals surface area contributed by atoms with Crippen molar-refractivity contribution in [3.63, 3.8) is 0 Å². The van der Waals surface area contributed by atoms with Crippen LogP contribution in [0.5, 0.6) is 0 Å². The summed E-state index contributed by atoms with van der Waals surface area (Å²) in [6, 6.07) is 2.75. The van der Waals surface area contributed by atoms with Gasteiger partial charge in [-0.2, -0.15) is 11.8 Å². The van der Waals surface area contributed by atoms with E-state index in [0.717, 1.165) is 42.7 Å². The van der Waals surface area contributed by atoms with Crippen molar-refractivity contribution in [1.82, 2.24) is 5.32 Å². The number of carbonyl (C=O) groups excluding carboxylic acids is 1. The first-order valence-corrected chi connectivity index (χ1v) is 8.95. The molecule has 3 rings (SSSR count). The lowest BCUT2D eigenvalue weighted by Gasteiger charge is -2.26. The predicted molar refractivity (Wildman–Crippen MR) is 81.9 cm³/mol. The zero-order valence-corrected chi connectivity index (χ0v) is 12.6. The van der Waals surface area contributed by atoms with Gasteiger partial charge in [-0.05, 0) is 49.5 Å². The molecular formula is C14H20N2OS2. The molecule has 0 radical (unpaired) electrons. The molecule has 0 atom stereocenters. The lowest BCUT2D eigenvalue weighted by atomic mass is 9.92. The first kappa shape index (κ1) is 13.5. The Hall–Kier alpha value is -0.520. The van der Waals surface area contributed by atoms with Crippen molar-refractivity contribution in [3.05, 3.63) is 21.4 Å². The predicted octanol–water partition coefficient (Wildman–Crippen LogP) is 2.54. The molecule has 0 aromatic carbocycles. The van der Waals surface area contributed by atoms with Gasteiger partial charge in [-0.1, -0.05) is 0 Å². The minimum absolute atomic E-state index is 0.116. The third-order valence-corrected chi connectivity index (χ3v) is 6.20. The number of hydrogen-bond donors (Lipinski definition) is 2. The van der Waals surface area contributed by atoms with E-state index in [2.05, 4.69) is 11.4 Å². The number of thioether (sulfide) groups is 1. The van der Waals surface area contributed by atoms with Crippen LogP contribution < -0.4 is 11.1 Å². The summed E-state index contributed by atoms with van der Waals surface area (Å²) < 4.78 is 0. The van der Waals surface area contributed by atoms with E-state index in [-0.39, 0.29) is 5.91 Å². The summed E-state index contributed by atoms with van der Waals surface area (Å²) in [6.45, 7) is 0. The lowest BCUT2D eigenvalue weighted by Crippen LogP contribution is -2.40. The molecule has 1 aliphatic carbocycles. The zero-order valence-electron chi connectivity index (χ0n) is 11.0. The smallest absolute Gasteiger partial charge is 0.261 e.